The molecule has 0 saturated carbocycles. The molecule has 0 radical (unpaired) electrons. The lowest BCUT2D eigenvalue weighted by molar-refractivity contribution is 0.0940. The molecule has 0 spiro atoms. The van der Waals surface area contributed by atoms with Crippen molar-refractivity contribution in [3.63, 3.8) is 0 Å². The van der Waals surface area contributed by atoms with Gasteiger partial charge in [-0.3, -0.25) is 4.79 Å². The topological polar surface area (TPSA) is 29.1 Å². The molecule has 0 unspecified atom stereocenters. The molecule has 1 amide bonds. The average molecular weight is 376 g/mol. The molecule has 3 rings (SSSR count). The van der Waals surface area contributed by atoms with Gasteiger partial charge >= 0.3 is 0 Å². The molecule has 1 N–H and O–H groups in total. The summed E-state index contributed by atoms with van der Waals surface area (Å²) >= 11 is 1.80. The van der Waals surface area contributed by atoms with Crippen LogP contribution in [-0.2, 0) is 5.75 Å². The first-order valence-electron chi connectivity index (χ1n) is 9.18. The van der Waals surface area contributed by atoms with Gasteiger partial charge in [-0.1, -0.05) is 48.5 Å². The Bertz CT molecular complexity index is 903. The Hall–Kier alpha value is -2.52. The summed E-state index contributed by atoms with van der Waals surface area (Å²) in [6.45, 7) is 6.21. The van der Waals surface area contributed by atoms with Gasteiger partial charge in [0.1, 0.15) is 0 Å². The molecule has 0 bridgehead atoms. The van der Waals surface area contributed by atoms with Crippen LogP contribution in [0.2, 0.25) is 0 Å². The summed E-state index contributed by atoms with van der Waals surface area (Å²) in [5, 5.41) is 3.09. The van der Waals surface area contributed by atoms with E-state index in [1.165, 1.54) is 21.6 Å². The lowest BCUT2D eigenvalue weighted by atomic mass is 10.0. The van der Waals surface area contributed by atoms with Crippen LogP contribution in [0.5, 0.6) is 0 Å². The molecule has 0 aromatic heterocycles. The second-order valence-electron chi connectivity index (χ2n) is 6.84. The number of rotatable bonds is 6. The second kappa shape index (κ2) is 8.92. The average Bonchev–Trinajstić information content (AvgIpc) is 2.69. The van der Waals surface area contributed by atoms with Crippen LogP contribution < -0.4 is 5.32 Å². The molecule has 1 atom stereocenters. The third-order valence-electron chi connectivity index (χ3n) is 4.74. The van der Waals surface area contributed by atoms with Gasteiger partial charge in [-0.05, 0) is 67.3 Å². The molecule has 0 fully saturated rings. The van der Waals surface area contributed by atoms with Crippen molar-refractivity contribution >= 4 is 17.7 Å². The summed E-state index contributed by atoms with van der Waals surface area (Å²) in [6, 6.07) is 24.5. The number of hydrogen-bond acceptors (Lipinski definition) is 2. The van der Waals surface area contributed by atoms with Crippen LogP contribution in [0, 0.1) is 13.8 Å². The van der Waals surface area contributed by atoms with Crippen LogP contribution in [-0.4, -0.2) is 5.91 Å². The summed E-state index contributed by atoms with van der Waals surface area (Å²) in [6.07, 6.45) is 0. The molecule has 3 aromatic rings. The van der Waals surface area contributed by atoms with E-state index in [1.807, 2.05) is 49.4 Å². The van der Waals surface area contributed by atoms with Gasteiger partial charge in [0.15, 0.2) is 0 Å². The van der Waals surface area contributed by atoms with Crippen LogP contribution in [0.3, 0.4) is 0 Å². The molecule has 0 aliphatic heterocycles. The second-order valence-corrected chi connectivity index (χ2v) is 7.89. The summed E-state index contributed by atoms with van der Waals surface area (Å²) < 4.78 is 0. The SMILES string of the molecule is Cc1ccc([C@@H](C)NC(=O)c2ccc(CSc3ccccc3)cc2)cc1C. The van der Waals surface area contributed by atoms with Gasteiger partial charge in [-0.25, -0.2) is 0 Å². The minimum absolute atomic E-state index is 0.0230. The van der Waals surface area contributed by atoms with Crippen LogP contribution >= 0.6 is 11.8 Å². The van der Waals surface area contributed by atoms with E-state index >= 15 is 0 Å². The first-order chi connectivity index (χ1) is 13.0. The highest BCUT2D eigenvalue weighted by Gasteiger charge is 2.12. The molecular formula is C24H25NOS. The molecule has 3 heteroatoms. The number of nitrogens with one attached hydrogen (secondary N) is 1. The molecular weight excluding hydrogens is 350 g/mol. The number of carbonyl (C=O) groups is 1. The van der Waals surface area contributed by atoms with Crippen molar-refractivity contribution < 1.29 is 4.79 Å². The number of carbonyl (C=O) groups excluding carboxylic acids is 1. The van der Waals surface area contributed by atoms with Crippen LogP contribution in [0.15, 0.2) is 77.7 Å². The van der Waals surface area contributed by atoms with Crippen molar-refractivity contribution in [1.82, 2.24) is 5.32 Å². The normalized spacial score (nSPS) is 11.8. The van der Waals surface area contributed by atoms with Gasteiger partial charge in [0, 0.05) is 16.2 Å². The summed E-state index contributed by atoms with van der Waals surface area (Å²) in [5.41, 5.74) is 5.54. The number of benzene rings is 3. The summed E-state index contributed by atoms with van der Waals surface area (Å²) in [4.78, 5) is 13.8. The standard InChI is InChI=1S/C24H25NOS/c1-17-9-12-22(15-18(17)2)19(3)25-24(26)21-13-10-20(11-14-21)16-27-23-7-5-4-6-8-23/h4-15,19H,16H2,1-3H3,(H,25,26)/t19-/m1/s1. The minimum Gasteiger partial charge on any atom is -0.346 e. The monoisotopic (exact) mass is 375 g/mol. The first-order valence-corrected chi connectivity index (χ1v) is 10.2. The fourth-order valence-corrected chi connectivity index (χ4v) is 3.71. The summed E-state index contributed by atoms with van der Waals surface area (Å²) in [5.74, 6) is 0.855. The number of thioether (sulfide) groups is 1. The molecule has 138 valence electrons. The Morgan fingerprint density at radius 3 is 2.30 bits per heavy atom. The Balaban J connectivity index is 1.59. The predicted octanol–water partition coefficient (Wildman–Crippen LogP) is 6.09. The highest BCUT2D eigenvalue weighted by atomic mass is 32.2. The van der Waals surface area contributed by atoms with Crippen molar-refractivity contribution in [2.75, 3.05) is 0 Å². The molecule has 0 saturated heterocycles. The van der Waals surface area contributed by atoms with Crippen molar-refractivity contribution in [3.8, 4) is 0 Å². The quantitative estimate of drug-likeness (QED) is 0.528. The maximum Gasteiger partial charge on any atom is 0.251 e. The Morgan fingerprint density at radius 2 is 1.63 bits per heavy atom. The molecule has 0 aliphatic rings. The fourth-order valence-electron chi connectivity index (χ4n) is 2.83. The van der Waals surface area contributed by atoms with Gasteiger partial charge in [0.05, 0.1) is 6.04 Å². The van der Waals surface area contributed by atoms with E-state index in [0.717, 1.165) is 11.3 Å². The van der Waals surface area contributed by atoms with E-state index in [4.69, 9.17) is 0 Å². The minimum atomic E-state index is -0.0389. The van der Waals surface area contributed by atoms with Gasteiger partial charge < -0.3 is 5.32 Å². The van der Waals surface area contributed by atoms with E-state index in [-0.39, 0.29) is 11.9 Å². The van der Waals surface area contributed by atoms with Crippen molar-refractivity contribution in [3.05, 3.63) is 101 Å². The molecule has 0 aliphatic carbocycles. The molecule has 27 heavy (non-hydrogen) atoms. The van der Waals surface area contributed by atoms with E-state index in [1.54, 1.807) is 11.8 Å². The Morgan fingerprint density at radius 1 is 0.926 bits per heavy atom. The number of aryl methyl sites for hydroxylation is 2. The Kier molecular flexibility index (Phi) is 6.36. The van der Waals surface area contributed by atoms with E-state index in [2.05, 4.69) is 49.5 Å². The van der Waals surface area contributed by atoms with Crippen molar-refractivity contribution in [2.45, 2.75) is 37.5 Å². The molecule has 3 aromatic carbocycles. The van der Waals surface area contributed by atoms with Crippen LogP contribution in [0.1, 0.15) is 45.6 Å². The van der Waals surface area contributed by atoms with Crippen LogP contribution in [0.25, 0.3) is 0 Å². The van der Waals surface area contributed by atoms with E-state index < -0.39 is 0 Å². The molecule has 2 nitrogen and oxygen atoms in total. The predicted molar refractivity (Wildman–Crippen MR) is 114 cm³/mol. The van der Waals surface area contributed by atoms with Crippen molar-refractivity contribution in [1.29, 1.82) is 0 Å². The lowest BCUT2D eigenvalue weighted by Gasteiger charge is -2.16. The smallest absolute Gasteiger partial charge is 0.251 e. The number of amides is 1. The first kappa shape index (κ1) is 19.2. The zero-order chi connectivity index (χ0) is 19.2. The third kappa shape index (κ3) is 5.24. The number of hydrogen-bond donors (Lipinski definition) is 1. The van der Waals surface area contributed by atoms with Gasteiger partial charge in [-0.15, -0.1) is 11.8 Å². The van der Waals surface area contributed by atoms with Crippen molar-refractivity contribution in [2.24, 2.45) is 0 Å². The molecule has 0 heterocycles. The fraction of sp³-hybridized carbons (Fsp3) is 0.208. The van der Waals surface area contributed by atoms with Gasteiger partial charge in [0.25, 0.3) is 5.91 Å². The van der Waals surface area contributed by atoms with Crippen LogP contribution in [0.4, 0.5) is 0 Å². The third-order valence-corrected chi connectivity index (χ3v) is 5.83. The maximum absolute atomic E-state index is 12.6. The maximum atomic E-state index is 12.6. The largest absolute Gasteiger partial charge is 0.346 e. The lowest BCUT2D eigenvalue weighted by Crippen LogP contribution is -2.26. The highest BCUT2D eigenvalue weighted by Crippen LogP contribution is 2.22. The van der Waals surface area contributed by atoms with Gasteiger partial charge in [0.2, 0.25) is 0 Å². The Labute approximate surface area is 166 Å². The summed E-state index contributed by atoms with van der Waals surface area (Å²) in [7, 11) is 0. The van der Waals surface area contributed by atoms with E-state index in [9.17, 15) is 4.79 Å². The van der Waals surface area contributed by atoms with Gasteiger partial charge in [-0.2, -0.15) is 0 Å². The zero-order valence-electron chi connectivity index (χ0n) is 16.0. The highest BCUT2D eigenvalue weighted by molar-refractivity contribution is 7.98. The van der Waals surface area contributed by atoms with E-state index in [0.29, 0.717) is 5.56 Å². The zero-order valence-corrected chi connectivity index (χ0v) is 16.8.